The van der Waals surface area contributed by atoms with E-state index in [1.807, 2.05) is 18.2 Å². The lowest BCUT2D eigenvalue weighted by molar-refractivity contribution is -0.128. The van der Waals surface area contributed by atoms with Crippen molar-refractivity contribution in [2.45, 2.75) is 45.6 Å². The summed E-state index contributed by atoms with van der Waals surface area (Å²) < 4.78 is 30.4. The molecule has 1 saturated heterocycles. The van der Waals surface area contributed by atoms with Crippen molar-refractivity contribution < 1.29 is 18.3 Å². The summed E-state index contributed by atoms with van der Waals surface area (Å²) >= 11 is 0. The first kappa shape index (κ1) is 24.1. The van der Waals surface area contributed by atoms with Crippen molar-refractivity contribution in [2.24, 2.45) is 0 Å². The summed E-state index contributed by atoms with van der Waals surface area (Å²) in [7, 11) is 0. The van der Waals surface area contributed by atoms with Crippen LogP contribution in [0.1, 0.15) is 43.5 Å². The highest BCUT2D eigenvalue weighted by molar-refractivity contribution is 6.01. The van der Waals surface area contributed by atoms with Crippen molar-refractivity contribution in [1.29, 1.82) is 0 Å². The van der Waals surface area contributed by atoms with E-state index in [9.17, 15) is 13.6 Å². The molecule has 3 rings (SSSR count). The minimum Gasteiger partial charge on any atom is -0.415 e. The first-order valence-electron chi connectivity index (χ1n) is 11.0. The van der Waals surface area contributed by atoms with Crippen LogP contribution in [0.25, 0.3) is 0 Å². The molecule has 0 radical (unpaired) electrons. The van der Waals surface area contributed by atoms with E-state index in [-0.39, 0.29) is 23.4 Å². The lowest BCUT2D eigenvalue weighted by Gasteiger charge is -2.50. The van der Waals surface area contributed by atoms with E-state index in [0.29, 0.717) is 18.8 Å². The number of hydrogen-bond donors (Lipinski definition) is 2. The fraction of sp³-hybridized carbons (Fsp3) is 0.500. The largest absolute Gasteiger partial charge is 0.415 e. The van der Waals surface area contributed by atoms with Gasteiger partial charge in [0.15, 0.2) is 0 Å². The predicted octanol–water partition coefficient (Wildman–Crippen LogP) is 3.92. The molecule has 1 amide bonds. The summed E-state index contributed by atoms with van der Waals surface area (Å²) in [5.74, 6) is -0.274. The van der Waals surface area contributed by atoms with Gasteiger partial charge in [-0.2, -0.15) is 8.78 Å². The smallest absolute Gasteiger partial charge is 0.388 e. The fourth-order valence-corrected chi connectivity index (χ4v) is 4.21. The lowest BCUT2D eigenvalue weighted by Crippen LogP contribution is -2.66. The Morgan fingerprint density at radius 2 is 1.94 bits per heavy atom. The number of ether oxygens (including phenoxy) is 1. The van der Waals surface area contributed by atoms with Gasteiger partial charge in [0.2, 0.25) is 11.8 Å². The highest BCUT2D eigenvalue weighted by Gasteiger charge is 2.51. The standard InChI is InChI=1S/C24H32F2N4O2/c1-5-27-12-13-30-14-24(15-30,19-9-7-6-8-18(19)16(2)3)22(31)29-20-11-10-17(4)28-21(20)32-23(25)26/h6-11,16,23,27H,5,12-15H2,1-4H3,(H,29,31). The second kappa shape index (κ2) is 10.4. The molecule has 8 heteroatoms. The van der Waals surface area contributed by atoms with Gasteiger partial charge >= 0.3 is 6.61 Å². The quantitative estimate of drug-likeness (QED) is 0.542. The predicted molar refractivity (Wildman–Crippen MR) is 121 cm³/mol. The summed E-state index contributed by atoms with van der Waals surface area (Å²) in [6, 6.07) is 11.2. The average Bonchev–Trinajstić information content (AvgIpc) is 2.71. The molecule has 6 nitrogen and oxygen atoms in total. The Bertz CT molecular complexity index is 930. The molecular weight excluding hydrogens is 414 g/mol. The van der Waals surface area contributed by atoms with Crippen LogP contribution in [0.3, 0.4) is 0 Å². The van der Waals surface area contributed by atoms with Gasteiger partial charge in [0.25, 0.3) is 0 Å². The Morgan fingerprint density at radius 3 is 2.59 bits per heavy atom. The molecule has 0 bridgehead atoms. The zero-order valence-corrected chi connectivity index (χ0v) is 19.1. The molecule has 1 fully saturated rings. The highest BCUT2D eigenvalue weighted by Crippen LogP contribution is 2.40. The maximum atomic E-state index is 13.7. The van der Waals surface area contributed by atoms with Gasteiger partial charge in [-0.15, -0.1) is 0 Å². The minimum atomic E-state index is -3.03. The molecule has 32 heavy (non-hydrogen) atoms. The van der Waals surface area contributed by atoms with Crippen molar-refractivity contribution in [3.05, 3.63) is 53.2 Å². The number of hydrogen-bond acceptors (Lipinski definition) is 5. The monoisotopic (exact) mass is 446 g/mol. The maximum Gasteiger partial charge on any atom is 0.388 e. The van der Waals surface area contributed by atoms with Gasteiger partial charge < -0.3 is 15.4 Å². The van der Waals surface area contributed by atoms with Crippen molar-refractivity contribution in [2.75, 3.05) is 38.0 Å². The molecule has 1 aliphatic rings. The van der Waals surface area contributed by atoms with Crippen molar-refractivity contribution in [1.82, 2.24) is 15.2 Å². The number of anilines is 1. The van der Waals surface area contributed by atoms with Gasteiger partial charge in [-0.1, -0.05) is 45.0 Å². The van der Waals surface area contributed by atoms with Gasteiger partial charge in [0, 0.05) is 31.9 Å². The van der Waals surface area contributed by atoms with Crippen LogP contribution in [-0.4, -0.2) is 55.1 Å². The molecule has 1 aliphatic heterocycles. The van der Waals surface area contributed by atoms with Crippen molar-refractivity contribution in [3.63, 3.8) is 0 Å². The van der Waals surface area contributed by atoms with E-state index in [0.717, 1.165) is 30.8 Å². The van der Waals surface area contributed by atoms with E-state index in [1.54, 1.807) is 19.1 Å². The van der Waals surface area contributed by atoms with Crippen LogP contribution in [-0.2, 0) is 10.2 Å². The van der Waals surface area contributed by atoms with Crippen LogP contribution in [0, 0.1) is 6.92 Å². The second-order valence-corrected chi connectivity index (χ2v) is 8.53. The summed E-state index contributed by atoms with van der Waals surface area (Å²) in [5, 5.41) is 6.14. The molecule has 0 saturated carbocycles. The summed E-state index contributed by atoms with van der Waals surface area (Å²) in [6.07, 6.45) is 0. The molecule has 174 valence electrons. The van der Waals surface area contributed by atoms with Gasteiger partial charge in [0.05, 0.1) is 5.41 Å². The number of nitrogens with one attached hydrogen (secondary N) is 2. The Hall–Kier alpha value is -2.58. The van der Waals surface area contributed by atoms with Gasteiger partial charge in [-0.3, -0.25) is 9.69 Å². The number of aromatic nitrogens is 1. The van der Waals surface area contributed by atoms with Crippen LogP contribution in [0.4, 0.5) is 14.5 Å². The number of benzene rings is 1. The van der Waals surface area contributed by atoms with Gasteiger partial charge in [0.1, 0.15) is 5.69 Å². The fourth-order valence-electron chi connectivity index (χ4n) is 4.21. The number of pyridine rings is 1. The molecule has 2 aromatic rings. The SMILES string of the molecule is CCNCCN1CC(C(=O)Nc2ccc(C)nc2OC(F)F)(c2ccccc2C(C)C)C1. The van der Waals surface area contributed by atoms with Crippen molar-refractivity contribution >= 4 is 11.6 Å². The van der Waals surface area contributed by atoms with Gasteiger partial charge in [-0.25, -0.2) is 4.98 Å². The number of likely N-dealkylation sites (tertiary alicyclic amines) is 1. The third-order valence-corrected chi connectivity index (χ3v) is 5.82. The third-order valence-electron chi connectivity index (χ3n) is 5.82. The molecular formula is C24H32F2N4O2. The van der Waals surface area contributed by atoms with Crippen LogP contribution in [0.15, 0.2) is 36.4 Å². The molecule has 0 aliphatic carbocycles. The first-order chi connectivity index (χ1) is 15.3. The number of aryl methyl sites for hydroxylation is 1. The summed E-state index contributed by atoms with van der Waals surface area (Å²) in [6.45, 7) is 8.59. The third kappa shape index (κ3) is 5.24. The number of carbonyl (C=O) groups is 1. The van der Waals surface area contributed by atoms with Crippen LogP contribution in [0.2, 0.25) is 0 Å². The Morgan fingerprint density at radius 1 is 1.22 bits per heavy atom. The Balaban J connectivity index is 1.91. The maximum absolute atomic E-state index is 13.7. The van der Waals surface area contributed by atoms with Gasteiger partial charge in [-0.05, 0) is 42.6 Å². The minimum absolute atomic E-state index is 0.147. The molecule has 1 aromatic carbocycles. The zero-order valence-electron chi connectivity index (χ0n) is 19.1. The highest BCUT2D eigenvalue weighted by atomic mass is 19.3. The second-order valence-electron chi connectivity index (χ2n) is 8.53. The van der Waals surface area contributed by atoms with Crippen LogP contribution < -0.4 is 15.4 Å². The average molecular weight is 447 g/mol. The molecule has 0 unspecified atom stereocenters. The number of carbonyl (C=O) groups excluding carboxylic acids is 1. The summed E-state index contributed by atoms with van der Waals surface area (Å²) in [4.78, 5) is 19.9. The zero-order chi connectivity index (χ0) is 23.3. The van der Waals surface area contributed by atoms with Crippen molar-refractivity contribution in [3.8, 4) is 5.88 Å². The van der Waals surface area contributed by atoms with E-state index in [2.05, 4.69) is 52.1 Å². The number of halogens is 2. The molecule has 2 N–H and O–H groups in total. The molecule has 2 heterocycles. The number of alkyl halides is 2. The molecule has 0 spiro atoms. The normalized spacial score (nSPS) is 15.6. The molecule has 0 atom stereocenters. The number of rotatable bonds is 10. The Kier molecular flexibility index (Phi) is 7.79. The number of likely N-dealkylation sites (N-methyl/N-ethyl adjacent to an activating group) is 1. The Labute approximate surface area is 188 Å². The van der Waals surface area contributed by atoms with E-state index < -0.39 is 12.0 Å². The molecule has 1 aromatic heterocycles. The topological polar surface area (TPSA) is 66.5 Å². The van der Waals surface area contributed by atoms with E-state index in [4.69, 9.17) is 0 Å². The number of amides is 1. The lowest BCUT2D eigenvalue weighted by atomic mass is 9.69. The van der Waals surface area contributed by atoms with Crippen LogP contribution >= 0.6 is 0 Å². The van der Waals surface area contributed by atoms with E-state index in [1.165, 1.54) is 0 Å². The summed E-state index contributed by atoms with van der Waals surface area (Å²) in [5.41, 5.74) is 1.98. The first-order valence-corrected chi connectivity index (χ1v) is 11.0. The number of nitrogens with zero attached hydrogens (tertiary/aromatic N) is 2. The van der Waals surface area contributed by atoms with E-state index >= 15 is 0 Å². The van der Waals surface area contributed by atoms with Crippen LogP contribution in [0.5, 0.6) is 5.88 Å².